The molecule has 0 unspecified atom stereocenters. The maximum atomic E-state index is 6.32. The summed E-state index contributed by atoms with van der Waals surface area (Å²) in [7, 11) is 0. The van der Waals surface area contributed by atoms with E-state index < -0.39 is 0 Å². The van der Waals surface area contributed by atoms with Gasteiger partial charge in [-0.15, -0.1) is 0 Å². The van der Waals surface area contributed by atoms with Crippen LogP contribution in [0, 0.1) is 0 Å². The summed E-state index contributed by atoms with van der Waals surface area (Å²) in [6, 6.07) is 16.3. The topological polar surface area (TPSA) is 42.7 Å². The van der Waals surface area contributed by atoms with Gasteiger partial charge in [-0.05, 0) is 25.0 Å². The quantitative estimate of drug-likeness (QED) is 0.607. The van der Waals surface area contributed by atoms with Crippen LogP contribution >= 0.6 is 23.2 Å². The number of nitrogens with zero attached hydrogens (tertiary/aromatic N) is 3. The Bertz CT molecular complexity index is 882. The fourth-order valence-corrected chi connectivity index (χ4v) is 4.11. The number of nitrogens with one attached hydrogen (secondary N) is 1. The van der Waals surface area contributed by atoms with E-state index in [0.717, 1.165) is 22.5 Å². The Hall–Kier alpha value is -1.88. The molecule has 0 amide bonds. The molecule has 140 valence electrons. The van der Waals surface area contributed by atoms with Crippen molar-refractivity contribution in [1.29, 1.82) is 0 Å². The first-order chi connectivity index (χ1) is 13.2. The van der Waals surface area contributed by atoms with Crippen LogP contribution in [0.3, 0.4) is 0 Å². The van der Waals surface area contributed by atoms with E-state index in [1.165, 1.54) is 25.7 Å². The van der Waals surface area contributed by atoms with Crippen molar-refractivity contribution in [2.45, 2.75) is 44.8 Å². The average molecular weight is 401 g/mol. The first-order valence-electron chi connectivity index (χ1n) is 9.36. The minimum atomic E-state index is 0.446. The molecule has 0 bridgehead atoms. The van der Waals surface area contributed by atoms with E-state index in [9.17, 15) is 0 Å². The molecule has 0 atom stereocenters. The fraction of sp³-hybridized carbons (Fsp3) is 0.333. The third-order valence-electron chi connectivity index (χ3n) is 5.05. The largest absolute Gasteiger partial charge is 0.308 e. The van der Waals surface area contributed by atoms with Gasteiger partial charge in [-0.3, -0.25) is 0 Å². The van der Waals surface area contributed by atoms with Crippen LogP contribution in [0.4, 0.5) is 0 Å². The Labute approximate surface area is 169 Å². The number of hydrogen-bond donors (Lipinski definition) is 1. The van der Waals surface area contributed by atoms with Gasteiger partial charge < -0.3 is 5.32 Å². The van der Waals surface area contributed by atoms with E-state index in [2.05, 4.69) is 17.4 Å². The Morgan fingerprint density at radius 1 is 0.926 bits per heavy atom. The lowest BCUT2D eigenvalue weighted by atomic mass is 10.1. The van der Waals surface area contributed by atoms with Crippen molar-refractivity contribution < 1.29 is 0 Å². The lowest BCUT2D eigenvalue weighted by molar-refractivity contribution is 0.511. The molecule has 4 nitrogen and oxygen atoms in total. The van der Waals surface area contributed by atoms with Gasteiger partial charge in [-0.1, -0.05) is 72.4 Å². The monoisotopic (exact) mass is 400 g/mol. The summed E-state index contributed by atoms with van der Waals surface area (Å²) < 4.78 is 0. The lowest BCUT2D eigenvalue weighted by Crippen LogP contribution is -2.25. The molecule has 1 N–H and O–H groups in total. The van der Waals surface area contributed by atoms with Crippen LogP contribution in [-0.4, -0.2) is 21.0 Å². The molecule has 1 aliphatic rings. The normalized spacial score (nSPS) is 14.7. The van der Waals surface area contributed by atoms with E-state index in [1.54, 1.807) is 4.80 Å². The van der Waals surface area contributed by atoms with Gasteiger partial charge in [0.15, 0.2) is 0 Å². The highest BCUT2D eigenvalue weighted by atomic mass is 35.5. The van der Waals surface area contributed by atoms with E-state index >= 15 is 0 Å². The lowest BCUT2D eigenvalue weighted by Gasteiger charge is -2.10. The first-order valence-corrected chi connectivity index (χ1v) is 10.1. The highest BCUT2D eigenvalue weighted by Crippen LogP contribution is 2.26. The predicted molar refractivity (Wildman–Crippen MR) is 110 cm³/mol. The molecule has 0 aliphatic heterocycles. The van der Waals surface area contributed by atoms with Crippen LogP contribution in [0.5, 0.6) is 0 Å². The third-order valence-corrected chi connectivity index (χ3v) is 5.75. The maximum Gasteiger partial charge on any atom is 0.117 e. The predicted octanol–water partition coefficient (Wildman–Crippen LogP) is 5.33. The fourth-order valence-electron chi connectivity index (χ4n) is 3.59. The molecule has 0 radical (unpaired) electrons. The van der Waals surface area contributed by atoms with Crippen LogP contribution < -0.4 is 5.32 Å². The van der Waals surface area contributed by atoms with E-state index in [4.69, 9.17) is 33.4 Å². The SMILES string of the molecule is Clc1cccc(Cl)c1Cn1nc(CNC2CCCC2)c(-c2ccccc2)n1. The molecule has 2 aromatic carbocycles. The summed E-state index contributed by atoms with van der Waals surface area (Å²) in [4.78, 5) is 1.70. The zero-order valence-electron chi connectivity index (χ0n) is 15.0. The molecule has 1 aliphatic carbocycles. The van der Waals surface area contributed by atoms with Crippen molar-refractivity contribution in [2.24, 2.45) is 0 Å². The minimum Gasteiger partial charge on any atom is -0.308 e. The molecule has 0 saturated heterocycles. The van der Waals surface area contributed by atoms with Crippen LogP contribution in [0.25, 0.3) is 11.3 Å². The molecule has 4 rings (SSSR count). The Kier molecular flexibility index (Phi) is 5.77. The molecule has 1 saturated carbocycles. The van der Waals surface area contributed by atoms with Crippen LogP contribution in [0.1, 0.15) is 36.9 Å². The highest BCUT2D eigenvalue weighted by molar-refractivity contribution is 6.35. The number of hydrogen-bond acceptors (Lipinski definition) is 3. The number of aromatic nitrogens is 3. The van der Waals surface area contributed by atoms with Crippen molar-refractivity contribution in [1.82, 2.24) is 20.3 Å². The van der Waals surface area contributed by atoms with Crippen molar-refractivity contribution in [3.05, 3.63) is 69.8 Å². The summed E-state index contributed by atoms with van der Waals surface area (Å²) in [6.07, 6.45) is 5.09. The summed E-state index contributed by atoms with van der Waals surface area (Å²) in [5.74, 6) is 0. The van der Waals surface area contributed by atoms with Gasteiger partial charge in [0.05, 0.1) is 6.54 Å². The van der Waals surface area contributed by atoms with E-state index in [1.807, 2.05) is 36.4 Å². The van der Waals surface area contributed by atoms with E-state index in [0.29, 0.717) is 29.2 Å². The van der Waals surface area contributed by atoms with Gasteiger partial charge in [-0.2, -0.15) is 15.0 Å². The van der Waals surface area contributed by atoms with Crippen molar-refractivity contribution in [2.75, 3.05) is 0 Å². The van der Waals surface area contributed by atoms with Gasteiger partial charge in [0.25, 0.3) is 0 Å². The number of halogens is 2. The third kappa shape index (κ3) is 4.34. The molecule has 1 heterocycles. The molecular formula is C21H22Cl2N4. The summed E-state index contributed by atoms with van der Waals surface area (Å²) in [5.41, 5.74) is 3.77. The number of benzene rings is 2. The molecule has 3 aromatic rings. The van der Waals surface area contributed by atoms with Crippen molar-refractivity contribution >= 4 is 23.2 Å². The molecule has 0 spiro atoms. The van der Waals surface area contributed by atoms with Gasteiger partial charge in [0.1, 0.15) is 11.4 Å². The zero-order valence-corrected chi connectivity index (χ0v) is 16.5. The molecular weight excluding hydrogens is 379 g/mol. The maximum absolute atomic E-state index is 6.32. The smallest absolute Gasteiger partial charge is 0.117 e. The van der Waals surface area contributed by atoms with Gasteiger partial charge in [0, 0.05) is 33.8 Å². The molecule has 1 fully saturated rings. The second-order valence-corrected chi connectivity index (χ2v) is 7.77. The second-order valence-electron chi connectivity index (χ2n) is 6.95. The summed E-state index contributed by atoms with van der Waals surface area (Å²) >= 11 is 12.6. The standard InChI is InChI=1S/C21H22Cl2N4/c22-18-11-6-12-19(23)17(18)14-27-25-20(13-24-16-9-4-5-10-16)21(26-27)15-7-2-1-3-8-15/h1-3,6-8,11-12,16,24H,4-5,9-10,13-14H2. The minimum absolute atomic E-state index is 0.446. The second kappa shape index (κ2) is 8.42. The Morgan fingerprint density at radius 2 is 1.63 bits per heavy atom. The highest BCUT2D eigenvalue weighted by Gasteiger charge is 2.18. The summed E-state index contributed by atoms with van der Waals surface area (Å²) in [5, 5.41) is 14.4. The van der Waals surface area contributed by atoms with E-state index in [-0.39, 0.29) is 0 Å². The molecule has 1 aromatic heterocycles. The average Bonchev–Trinajstić information content (AvgIpc) is 3.33. The van der Waals surface area contributed by atoms with Gasteiger partial charge >= 0.3 is 0 Å². The van der Waals surface area contributed by atoms with Crippen LogP contribution in [-0.2, 0) is 13.1 Å². The van der Waals surface area contributed by atoms with Crippen LogP contribution in [0.2, 0.25) is 10.0 Å². The molecule has 27 heavy (non-hydrogen) atoms. The van der Waals surface area contributed by atoms with Gasteiger partial charge in [0.2, 0.25) is 0 Å². The van der Waals surface area contributed by atoms with Crippen molar-refractivity contribution in [3.8, 4) is 11.3 Å². The first kappa shape index (κ1) is 18.5. The Morgan fingerprint density at radius 3 is 2.33 bits per heavy atom. The Balaban J connectivity index is 1.62. The van der Waals surface area contributed by atoms with Crippen molar-refractivity contribution in [3.63, 3.8) is 0 Å². The summed E-state index contributed by atoms with van der Waals surface area (Å²) in [6.45, 7) is 1.16. The van der Waals surface area contributed by atoms with Gasteiger partial charge in [-0.25, -0.2) is 0 Å². The number of rotatable bonds is 6. The van der Waals surface area contributed by atoms with Crippen LogP contribution in [0.15, 0.2) is 48.5 Å². The molecule has 6 heteroatoms. The zero-order chi connectivity index (χ0) is 18.6.